The lowest BCUT2D eigenvalue weighted by molar-refractivity contribution is 0.643. The molecule has 0 saturated carbocycles. The SMILES string of the molecule is c1ccc2c(c1)CNC1=C2CNCC1. The molecule has 14 heavy (non-hydrogen) atoms. The van der Waals surface area contributed by atoms with Gasteiger partial charge in [-0.1, -0.05) is 24.3 Å². The lowest BCUT2D eigenvalue weighted by atomic mass is 9.92. The molecule has 2 nitrogen and oxygen atoms in total. The normalized spacial score (nSPS) is 19.7. The van der Waals surface area contributed by atoms with Crippen LogP contribution in [-0.2, 0) is 6.54 Å². The quantitative estimate of drug-likeness (QED) is 0.641. The fourth-order valence-corrected chi connectivity index (χ4v) is 2.31. The molecule has 0 atom stereocenters. The molecule has 0 fully saturated rings. The van der Waals surface area contributed by atoms with Crippen LogP contribution in [0.4, 0.5) is 0 Å². The van der Waals surface area contributed by atoms with Gasteiger partial charge in [0.1, 0.15) is 0 Å². The first kappa shape index (κ1) is 8.06. The molecule has 3 rings (SSSR count). The van der Waals surface area contributed by atoms with Gasteiger partial charge < -0.3 is 10.6 Å². The van der Waals surface area contributed by atoms with Gasteiger partial charge in [0.25, 0.3) is 0 Å². The summed E-state index contributed by atoms with van der Waals surface area (Å²) in [5.74, 6) is 0. The largest absolute Gasteiger partial charge is 0.384 e. The number of nitrogens with one attached hydrogen (secondary N) is 2. The van der Waals surface area contributed by atoms with E-state index in [4.69, 9.17) is 0 Å². The highest BCUT2D eigenvalue weighted by Crippen LogP contribution is 2.28. The number of fused-ring (bicyclic) bond motifs is 2. The van der Waals surface area contributed by atoms with Gasteiger partial charge in [0.15, 0.2) is 0 Å². The van der Waals surface area contributed by atoms with Crippen LogP contribution in [0.25, 0.3) is 5.57 Å². The highest BCUT2D eigenvalue weighted by molar-refractivity contribution is 5.74. The predicted octanol–water partition coefficient (Wildman–Crippen LogP) is 1.49. The van der Waals surface area contributed by atoms with Gasteiger partial charge in [-0.2, -0.15) is 0 Å². The maximum absolute atomic E-state index is 3.52. The third-order valence-electron chi connectivity index (χ3n) is 3.05. The Balaban J connectivity index is 2.13. The van der Waals surface area contributed by atoms with Gasteiger partial charge in [-0.05, 0) is 23.1 Å². The molecule has 0 unspecified atom stereocenters. The molecular formula is C12H14N2. The first-order valence-corrected chi connectivity index (χ1v) is 5.20. The van der Waals surface area contributed by atoms with Crippen molar-refractivity contribution >= 4 is 5.57 Å². The summed E-state index contributed by atoms with van der Waals surface area (Å²) >= 11 is 0. The zero-order valence-electron chi connectivity index (χ0n) is 8.14. The Kier molecular flexibility index (Phi) is 1.81. The third kappa shape index (κ3) is 1.15. The Labute approximate surface area is 84.0 Å². The molecule has 2 heteroatoms. The van der Waals surface area contributed by atoms with Gasteiger partial charge >= 0.3 is 0 Å². The number of hydrogen-bond acceptors (Lipinski definition) is 2. The topological polar surface area (TPSA) is 24.1 Å². The molecule has 2 aliphatic heterocycles. The molecule has 0 spiro atoms. The summed E-state index contributed by atoms with van der Waals surface area (Å²) in [6.45, 7) is 3.11. The molecule has 0 radical (unpaired) electrons. The van der Waals surface area contributed by atoms with E-state index in [1.54, 1.807) is 0 Å². The van der Waals surface area contributed by atoms with Crippen LogP contribution in [0.3, 0.4) is 0 Å². The molecule has 0 aromatic heterocycles. The Hall–Kier alpha value is -1.28. The molecule has 0 amide bonds. The molecule has 0 aliphatic carbocycles. The molecule has 2 N–H and O–H groups in total. The van der Waals surface area contributed by atoms with Crippen molar-refractivity contribution in [2.24, 2.45) is 0 Å². The van der Waals surface area contributed by atoms with Crippen molar-refractivity contribution in [3.63, 3.8) is 0 Å². The number of benzene rings is 1. The van der Waals surface area contributed by atoms with Crippen LogP contribution in [-0.4, -0.2) is 13.1 Å². The van der Waals surface area contributed by atoms with E-state index in [0.717, 1.165) is 26.1 Å². The molecule has 0 saturated heterocycles. The van der Waals surface area contributed by atoms with Gasteiger partial charge in [-0.25, -0.2) is 0 Å². The average molecular weight is 186 g/mol. The molecule has 1 aromatic carbocycles. The Morgan fingerprint density at radius 1 is 1.07 bits per heavy atom. The third-order valence-corrected chi connectivity index (χ3v) is 3.05. The second-order valence-corrected chi connectivity index (χ2v) is 3.89. The van der Waals surface area contributed by atoms with E-state index in [9.17, 15) is 0 Å². The van der Waals surface area contributed by atoms with Gasteiger partial charge in [0.05, 0.1) is 0 Å². The van der Waals surface area contributed by atoms with Gasteiger partial charge in [0.2, 0.25) is 0 Å². The average Bonchev–Trinajstić information content (AvgIpc) is 2.29. The molecular weight excluding hydrogens is 172 g/mol. The second kappa shape index (κ2) is 3.14. The molecule has 2 aliphatic rings. The van der Waals surface area contributed by atoms with Crippen molar-refractivity contribution < 1.29 is 0 Å². The zero-order chi connectivity index (χ0) is 9.38. The fraction of sp³-hybridized carbons (Fsp3) is 0.333. The van der Waals surface area contributed by atoms with Crippen LogP contribution < -0.4 is 10.6 Å². The summed E-state index contributed by atoms with van der Waals surface area (Å²) < 4.78 is 0. The second-order valence-electron chi connectivity index (χ2n) is 3.89. The van der Waals surface area contributed by atoms with Crippen molar-refractivity contribution in [1.29, 1.82) is 0 Å². The van der Waals surface area contributed by atoms with E-state index in [1.807, 2.05) is 0 Å². The molecule has 1 aromatic rings. The van der Waals surface area contributed by atoms with Crippen LogP contribution in [0, 0.1) is 0 Å². The summed E-state index contributed by atoms with van der Waals surface area (Å²) in [7, 11) is 0. The minimum Gasteiger partial charge on any atom is -0.384 e. The first-order valence-electron chi connectivity index (χ1n) is 5.20. The van der Waals surface area contributed by atoms with Crippen molar-refractivity contribution in [2.45, 2.75) is 13.0 Å². The van der Waals surface area contributed by atoms with E-state index in [-0.39, 0.29) is 0 Å². The highest BCUT2D eigenvalue weighted by atomic mass is 15.0. The molecule has 0 bridgehead atoms. The summed E-state index contributed by atoms with van der Waals surface area (Å²) in [6.07, 6.45) is 1.14. The summed E-state index contributed by atoms with van der Waals surface area (Å²) in [5, 5.41) is 6.94. The van der Waals surface area contributed by atoms with Crippen molar-refractivity contribution in [2.75, 3.05) is 13.1 Å². The summed E-state index contributed by atoms with van der Waals surface area (Å²) in [5.41, 5.74) is 5.78. The monoisotopic (exact) mass is 186 g/mol. The number of hydrogen-bond donors (Lipinski definition) is 2. The maximum atomic E-state index is 3.52. The van der Waals surface area contributed by atoms with E-state index in [2.05, 4.69) is 34.9 Å². The minimum absolute atomic E-state index is 0.995. The van der Waals surface area contributed by atoms with Crippen LogP contribution >= 0.6 is 0 Å². The van der Waals surface area contributed by atoms with E-state index >= 15 is 0 Å². The lowest BCUT2D eigenvalue weighted by Crippen LogP contribution is -2.32. The van der Waals surface area contributed by atoms with Crippen LogP contribution in [0.1, 0.15) is 17.5 Å². The summed E-state index contributed by atoms with van der Waals surface area (Å²) in [4.78, 5) is 0. The van der Waals surface area contributed by atoms with E-state index in [1.165, 1.54) is 22.4 Å². The van der Waals surface area contributed by atoms with Crippen molar-refractivity contribution in [3.05, 3.63) is 41.1 Å². The Morgan fingerprint density at radius 3 is 3.00 bits per heavy atom. The van der Waals surface area contributed by atoms with Crippen LogP contribution in [0.15, 0.2) is 30.0 Å². The van der Waals surface area contributed by atoms with Gasteiger partial charge in [-0.15, -0.1) is 0 Å². The Bertz CT molecular complexity index is 393. The highest BCUT2D eigenvalue weighted by Gasteiger charge is 2.19. The standard InChI is InChI=1S/C12H14N2/c1-2-4-10-9(3-1)7-14-12-5-6-13-8-11(10)12/h1-4,13-14H,5-8H2. The van der Waals surface area contributed by atoms with E-state index < -0.39 is 0 Å². The maximum Gasteiger partial charge on any atom is 0.0403 e. The van der Waals surface area contributed by atoms with Crippen LogP contribution in [0.5, 0.6) is 0 Å². The smallest absolute Gasteiger partial charge is 0.0403 e. The molecule has 2 heterocycles. The molecule has 72 valence electrons. The fourth-order valence-electron chi connectivity index (χ4n) is 2.31. The van der Waals surface area contributed by atoms with Gasteiger partial charge in [-0.3, -0.25) is 0 Å². The Morgan fingerprint density at radius 2 is 2.00 bits per heavy atom. The van der Waals surface area contributed by atoms with Crippen molar-refractivity contribution in [3.8, 4) is 0 Å². The summed E-state index contributed by atoms with van der Waals surface area (Å²) in [6, 6.07) is 8.69. The predicted molar refractivity (Wildman–Crippen MR) is 57.7 cm³/mol. The van der Waals surface area contributed by atoms with E-state index in [0.29, 0.717) is 0 Å². The van der Waals surface area contributed by atoms with Crippen molar-refractivity contribution in [1.82, 2.24) is 10.6 Å². The van der Waals surface area contributed by atoms with Crippen LogP contribution in [0.2, 0.25) is 0 Å². The minimum atomic E-state index is 0.995. The number of rotatable bonds is 0. The zero-order valence-corrected chi connectivity index (χ0v) is 8.14. The first-order chi connectivity index (χ1) is 6.95. The van der Waals surface area contributed by atoms with Gasteiger partial charge in [0, 0.05) is 25.3 Å². The lowest BCUT2D eigenvalue weighted by Gasteiger charge is -2.28.